The molecule has 2 aromatic rings. The molecule has 1 fully saturated rings. The molecule has 0 aliphatic carbocycles. The number of carbonyl (C=O) groups excluding carboxylic acids is 3. The molecular weight excluding hydrogens is 478 g/mol. The number of para-hydroxylation sites is 1. The number of allylic oxidation sites excluding steroid dienone is 1. The van der Waals surface area contributed by atoms with Crippen LogP contribution in [0, 0.1) is 0 Å². The zero-order chi connectivity index (χ0) is 25.2. The summed E-state index contributed by atoms with van der Waals surface area (Å²) < 4.78 is 30.4. The Morgan fingerprint density at radius 2 is 1.80 bits per heavy atom. The smallest absolute Gasteiger partial charge is 0.275 e. The Labute approximate surface area is 206 Å². The second-order valence-electron chi connectivity index (χ2n) is 8.53. The summed E-state index contributed by atoms with van der Waals surface area (Å²) in [7, 11) is 0. The molecule has 2 heterocycles. The van der Waals surface area contributed by atoms with Crippen LogP contribution in [-0.4, -0.2) is 49.8 Å². The highest BCUT2D eigenvalue weighted by Gasteiger charge is 2.41. The number of hydrogen-bond acceptors (Lipinski definition) is 4. The average Bonchev–Trinajstić information content (AvgIpc) is 3.33. The number of halogens is 3. The van der Waals surface area contributed by atoms with Gasteiger partial charge in [0.05, 0.1) is 22.8 Å². The van der Waals surface area contributed by atoms with Crippen LogP contribution < -0.4 is 20.9 Å². The molecule has 0 radical (unpaired) electrons. The van der Waals surface area contributed by atoms with Crippen molar-refractivity contribution < 1.29 is 23.2 Å². The molecule has 2 aromatic carbocycles. The lowest BCUT2D eigenvalue weighted by Crippen LogP contribution is -2.34. The van der Waals surface area contributed by atoms with Crippen LogP contribution in [0.15, 0.2) is 48.5 Å². The maximum atomic E-state index is 15.2. The summed E-state index contributed by atoms with van der Waals surface area (Å²) in [6, 6.07) is 11.3. The minimum absolute atomic E-state index is 0.0439. The molecule has 2 aliphatic heterocycles. The Bertz CT molecular complexity index is 1190. The topological polar surface area (TPSA) is 95.7 Å². The van der Waals surface area contributed by atoms with Crippen molar-refractivity contribution >= 4 is 46.3 Å². The number of anilines is 2. The number of nitrogens with one attached hydrogen (secondary N) is 1. The summed E-state index contributed by atoms with van der Waals surface area (Å²) in [5, 5.41) is 2.43. The largest absolute Gasteiger partial charge is 0.371 e. The van der Waals surface area contributed by atoms with Gasteiger partial charge in [0.1, 0.15) is 0 Å². The molecule has 0 bridgehead atoms. The fraction of sp³-hybridized carbons (Fsp3) is 0.320. The van der Waals surface area contributed by atoms with Crippen molar-refractivity contribution in [2.45, 2.75) is 25.2 Å². The number of nitrogens with zero attached hydrogens (tertiary/aromatic N) is 2. The molecule has 10 heteroatoms. The van der Waals surface area contributed by atoms with Gasteiger partial charge in [0.25, 0.3) is 11.8 Å². The third kappa shape index (κ3) is 5.30. The van der Waals surface area contributed by atoms with Gasteiger partial charge in [-0.1, -0.05) is 29.8 Å². The van der Waals surface area contributed by atoms with Crippen LogP contribution in [0.4, 0.5) is 20.2 Å². The van der Waals surface area contributed by atoms with Crippen molar-refractivity contribution in [2.24, 2.45) is 5.73 Å². The highest BCUT2D eigenvalue weighted by molar-refractivity contribution is 6.35. The summed E-state index contributed by atoms with van der Waals surface area (Å²) in [4.78, 5) is 40.1. The Kier molecular flexibility index (Phi) is 7.07. The first-order chi connectivity index (χ1) is 16.7. The van der Waals surface area contributed by atoms with E-state index < -0.39 is 42.2 Å². The first-order valence-electron chi connectivity index (χ1n) is 11.3. The number of rotatable bonds is 5. The number of primary amides is 1. The lowest BCUT2D eigenvalue weighted by molar-refractivity contribution is -0.122. The quantitative estimate of drug-likeness (QED) is 0.610. The van der Waals surface area contributed by atoms with Gasteiger partial charge in [-0.3, -0.25) is 14.4 Å². The molecule has 0 spiro atoms. The van der Waals surface area contributed by atoms with E-state index in [1.807, 2.05) is 6.07 Å². The molecular formula is C25H25ClF2N4O3. The van der Waals surface area contributed by atoms with Gasteiger partial charge < -0.3 is 20.9 Å². The SMILES string of the molecule is NC(=O)CNC(=O)/C=C1/c2ccccc2N(C(=O)c2ccc(N3CCCC3)cc2Cl)CCC1(F)F. The van der Waals surface area contributed by atoms with Gasteiger partial charge in [-0.15, -0.1) is 0 Å². The number of carbonyl (C=O) groups is 3. The molecule has 3 amide bonds. The van der Waals surface area contributed by atoms with E-state index in [0.717, 1.165) is 37.7 Å². The summed E-state index contributed by atoms with van der Waals surface area (Å²) in [6.45, 7) is 1.07. The van der Waals surface area contributed by atoms with Gasteiger partial charge in [0.2, 0.25) is 11.8 Å². The fourth-order valence-electron chi connectivity index (χ4n) is 4.39. The summed E-state index contributed by atoms with van der Waals surface area (Å²) in [6.07, 6.45) is 2.24. The standard InChI is InChI=1S/C25H25ClF2N4O3/c26-20-13-16(31-10-3-4-11-31)7-8-18(20)24(35)32-12-9-25(27,28)19(14-23(34)30-15-22(29)33)17-5-1-2-6-21(17)32/h1-2,5-8,13-14H,3-4,9-12,15H2,(H2,29,33)(H,30,34)/b19-14-. The second-order valence-corrected chi connectivity index (χ2v) is 8.94. The first kappa shape index (κ1) is 24.7. The average molecular weight is 503 g/mol. The molecule has 184 valence electrons. The van der Waals surface area contributed by atoms with Gasteiger partial charge >= 0.3 is 0 Å². The zero-order valence-electron chi connectivity index (χ0n) is 18.9. The van der Waals surface area contributed by atoms with E-state index in [1.54, 1.807) is 30.3 Å². The molecule has 0 saturated carbocycles. The highest BCUT2D eigenvalue weighted by Crippen LogP contribution is 2.43. The number of hydrogen-bond donors (Lipinski definition) is 2. The lowest BCUT2D eigenvalue weighted by Gasteiger charge is -2.24. The number of fused-ring (bicyclic) bond motifs is 1. The Morgan fingerprint density at radius 3 is 2.49 bits per heavy atom. The molecule has 2 aliphatic rings. The van der Waals surface area contributed by atoms with Crippen molar-refractivity contribution in [1.82, 2.24) is 5.32 Å². The maximum Gasteiger partial charge on any atom is 0.275 e. The minimum Gasteiger partial charge on any atom is -0.371 e. The lowest BCUT2D eigenvalue weighted by atomic mass is 9.97. The summed E-state index contributed by atoms with van der Waals surface area (Å²) in [5.41, 5.74) is 5.88. The van der Waals surface area contributed by atoms with E-state index >= 15 is 8.78 Å². The van der Waals surface area contributed by atoms with E-state index in [-0.39, 0.29) is 28.4 Å². The molecule has 3 N–H and O–H groups in total. The summed E-state index contributed by atoms with van der Waals surface area (Å²) in [5.74, 6) is -5.59. The van der Waals surface area contributed by atoms with Crippen LogP contribution in [0.3, 0.4) is 0 Å². The predicted octanol–water partition coefficient (Wildman–Crippen LogP) is 3.61. The molecule has 0 aromatic heterocycles. The van der Waals surface area contributed by atoms with E-state index in [1.165, 1.54) is 11.0 Å². The molecule has 4 rings (SSSR count). The van der Waals surface area contributed by atoms with E-state index in [2.05, 4.69) is 10.2 Å². The first-order valence-corrected chi connectivity index (χ1v) is 11.7. The predicted molar refractivity (Wildman–Crippen MR) is 131 cm³/mol. The van der Waals surface area contributed by atoms with Crippen LogP contribution in [0.2, 0.25) is 5.02 Å². The van der Waals surface area contributed by atoms with Gasteiger partial charge in [0, 0.05) is 49.0 Å². The van der Waals surface area contributed by atoms with Gasteiger partial charge in [0.15, 0.2) is 0 Å². The van der Waals surface area contributed by atoms with Crippen molar-refractivity contribution in [2.75, 3.05) is 36.0 Å². The van der Waals surface area contributed by atoms with Crippen molar-refractivity contribution in [3.05, 3.63) is 64.7 Å². The van der Waals surface area contributed by atoms with Crippen molar-refractivity contribution in [3.8, 4) is 0 Å². The van der Waals surface area contributed by atoms with Crippen LogP contribution in [0.1, 0.15) is 35.2 Å². The van der Waals surface area contributed by atoms with Crippen LogP contribution in [-0.2, 0) is 9.59 Å². The van der Waals surface area contributed by atoms with E-state index in [0.29, 0.717) is 0 Å². The molecule has 1 saturated heterocycles. The molecule has 7 nitrogen and oxygen atoms in total. The summed E-state index contributed by atoms with van der Waals surface area (Å²) >= 11 is 6.48. The number of nitrogens with two attached hydrogens (primary N) is 1. The molecule has 0 unspecified atom stereocenters. The Morgan fingerprint density at radius 1 is 1.09 bits per heavy atom. The second kappa shape index (κ2) is 10.0. The molecule has 0 atom stereocenters. The monoisotopic (exact) mass is 502 g/mol. The number of alkyl halides is 2. The van der Waals surface area contributed by atoms with E-state index in [4.69, 9.17) is 17.3 Å². The Balaban J connectivity index is 1.69. The van der Waals surface area contributed by atoms with Gasteiger partial charge in [-0.25, -0.2) is 8.78 Å². The van der Waals surface area contributed by atoms with E-state index in [9.17, 15) is 14.4 Å². The van der Waals surface area contributed by atoms with Gasteiger partial charge in [-0.2, -0.15) is 0 Å². The third-order valence-corrected chi connectivity index (χ3v) is 6.45. The maximum absolute atomic E-state index is 15.2. The van der Waals surface area contributed by atoms with Gasteiger partial charge in [-0.05, 0) is 37.1 Å². The third-order valence-electron chi connectivity index (χ3n) is 6.14. The minimum atomic E-state index is -3.40. The number of benzene rings is 2. The van der Waals surface area contributed by atoms with Crippen molar-refractivity contribution in [1.29, 1.82) is 0 Å². The van der Waals surface area contributed by atoms with Crippen LogP contribution in [0.25, 0.3) is 5.57 Å². The fourth-order valence-corrected chi connectivity index (χ4v) is 4.64. The normalized spacial score (nSPS) is 18.2. The van der Waals surface area contributed by atoms with Crippen LogP contribution >= 0.6 is 11.6 Å². The number of amides is 3. The molecule has 35 heavy (non-hydrogen) atoms. The highest BCUT2D eigenvalue weighted by atomic mass is 35.5. The van der Waals surface area contributed by atoms with Crippen LogP contribution in [0.5, 0.6) is 0 Å². The Hall–Kier alpha value is -3.46. The van der Waals surface area contributed by atoms with Crippen molar-refractivity contribution in [3.63, 3.8) is 0 Å². The zero-order valence-corrected chi connectivity index (χ0v) is 19.7.